The molecule has 0 radical (unpaired) electrons. The number of carbonyl (C=O) groups is 2. The van der Waals surface area contributed by atoms with Gasteiger partial charge in [-0.15, -0.1) is 0 Å². The number of hydrogen-bond acceptors (Lipinski definition) is 9. The van der Waals surface area contributed by atoms with E-state index in [0.717, 1.165) is 23.4 Å². The Kier molecular flexibility index (Phi) is 8.89. The number of alkyl halides is 5. The third-order valence-corrected chi connectivity index (χ3v) is 12.7. The summed E-state index contributed by atoms with van der Waals surface area (Å²) in [7, 11) is 0. The molecule has 4 aromatic heterocycles. The van der Waals surface area contributed by atoms with Gasteiger partial charge in [0.25, 0.3) is 11.8 Å². The number of amides is 2. The lowest BCUT2D eigenvalue weighted by Crippen LogP contribution is -2.46. The highest BCUT2D eigenvalue weighted by Crippen LogP contribution is 2.68. The summed E-state index contributed by atoms with van der Waals surface area (Å²) in [6.07, 6.45) is -1.97. The van der Waals surface area contributed by atoms with E-state index in [1.54, 1.807) is 36.7 Å². The summed E-state index contributed by atoms with van der Waals surface area (Å²) in [5, 5.41) is 9.68. The summed E-state index contributed by atoms with van der Waals surface area (Å²) in [6, 6.07) is 12.5. The van der Waals surface area contributed by atoms with E-state index in [9.17, 15) is 31.5 Å². The van der Waals surface area contributed by atoms with Crippen LogP contribution in [0.25, 0.3) is 21.5 Å². The van der Waals surface area contributed by atoms with Crippen LogP contribution >= 0.6 is 11.3 Å². The second-order valence-electron chi connectivity index (χ2n) is 15.4. The number of anilines is 2. The fourth-order valence-corrected chi connectivity index (χ4v) is 9.74. The summed E-state index contributed by atoms with van der Waals surface area (Å²) in [5.74, 6) is -9.05. The molecule has 2 aromatic carbocycles. The van der Waals surface area contributed by atoms with Crippen molar-refractivity contribution in [1.29, 1.82) is 0 Å². The number of fused-ring (bicyclic) bond motifs is 5. The van der Waals surface area contributed by atoms with Crippen molar-refractivity contribution >= 4 is 44.3 Å². The van der Waals surface area contributed by atoms with E-state index in [-0.39, 0.29) is 35.7 Å². The summed E-state index contributed by atoms with van der Waals surface area (Å²) in [5.41, 5.74) is 0.705. The maximum Gasteiger partial charge on any atom is 0.435 e. The van der Waals surface area contributed by atoms with Crippen LogP contribution < -0.4 is 20.4 Å². The maximum atomic E-state index is 15.4. The number of piperazine rings is 1. The number of aromatic nitrogens is 5. The summed E-state index contributed by atoms with van der Waals surface area (Å²) in [4.78, 5) is 45.0. The molecule has 2 aliphatic carbocycles. The lowest BCUT2D eigenvalue weighted by molar-refractivity contribution is -0.142. The van der Waals surface area contributed by atoms with E-state index in [4.69, 9.17) is 9.97 Å². The fourth-order valence-electron chi connectivity index (χ4n) is 8.74. The largest absolute Gasteiger partial charge is 0.435 e. The molecule has 0 spiro atoms. The van der Waals surface area contributed by atoms with E-state index >= 15 is 8.78 Å². The van der Waals surface area contributed by atoms with Crippen LogP contribution in [0.1, 0.15) is 62.5 Å². The van der Waals surface area contributed by atoms with E-state index in [2.05, 4.69) is 30.5 Å². The van der Waals surface area contributed by atoms with Crippen LogP contribution in [-0.4, -0.2) is 62.7 Å². The highest BCUT2D eigenvalue weighted by Gasteiger charge is 2.68. The second kappa shape index (κ2) is 14.0. The zero-order chi connectivity index (χ0) is 41.7. The zero-order valence-corrected chi connectivity index (χ0v) is 32.1. The fraction of sp³-hybridized carbons (Fsp3) is 0.317. The Morgan fingerprint density at radius 3 is 2.42 bits per heavy atom. The van der Waals surface area contributed by atoms with Crippen LogP contribution in [0.5, 0.6) is 0 Å². The maximum absolute atomic E-state index is 15.4. The van der Waals surface area contributed by atoms with Gasteiger partial charge < -0.3 is 20.4 Å². The topological polar surface area (TPSA) is 121 Å². The van der Waals surface area contributed by atoms with Crippen LogP contribution in [0.3, 0.4) is 0 Å². The van der Waals surface area contributed by atoms with Crippen LogP contribution in [0.15, 0.2) is 67.0 Å². The number of nitrogens with zero attached hydrogens (tertiary/aromatic N) is 7. The molecule has 19 heteroatoms. The van der Waals surface area contributed by atoms with E-state index in [0.29, 0.717) is 70.0 Å². The minimum absolute atomic E-state index is 0.0935. The highest BCUT2D eigenvalue weighted by atomic mass is 32.1. The number of pyridine rings is 2. The Balaban J connectivity index is 1.04. The monoisotopic (exact) mass is 847 g/mol. The first-order chi connectivity index (χ1) is 28.7. The number of benzene rings is 2. The Hall–Kier alpha value is -6.11. The number of nitrogens with one attached hydrogen (secondary N) is 2. The van der Waals surface area contributed by atoms with Crippen molar-refractivity contribution in [1.82, 2.24) is 35.4 Å². The molecule has 308 valence electrons. The van der Waals surface area contributed by atoms with Gasteiger partial charge in [-0.1, -0.05) is 23.5 Å². The van der Waals surface area contributed by atoms with Gasteiger partial charge in [-0.3, -0.25) is 19.3 Å². The molecule has 3 atom stereocenters. The first-order valence-corrected chi connectivity index (χ1v) is 20.0. The molecule has 4 aliphatic rings. The number of rotatable bonds is 9. The first kappa shape index (κ1) is 38.1. The summed E-state index contributed by atoms with van der Waals surface area (Å²) >= 11 is 1.38. The van der Waals surface area contributed by atoms with E-state index in [1.165, 1.54) is 11.3 Å². The lowest BCUT2D eigenvalue weighted by atomic mass is 9.93. The van der Waals surface area contributed by atoms with Crippen molar-refractivity contribution in [3.63, 3.8) is 0 Å². The number of thiazole rings is 1. The van der Waals surface area contributed by atoms with Crippen LogP contribution in [0.4, 0.5) is 41.6 Å². The molecule has 0 bridgehead atoms. The van der Waals surface area contributed by atoms with Crippen molar-refractivity contribution in [2.24, 2.45) is 5.92 Å². The Labute approximate surface area is 340 Å². The van der Waals surface area contributed by atoms with Gasteiger partial charge in [-0.25, -0.2) is 13.8 Å². The summed E-state index contributed by atoms with van der Waals surface area (Å²) in [6.45, 7) is 2.00. The molecule has 1 saturated carbocycles. The molecule has 2 fully saturated rings. The minimum Gasteiger partial charge on any atom is -0.368 e. The van der Waals surface area contributed by atoms with Crippen molar-refractivity contribution in [2.75, 3.05) is 36.0 Å². The van der Waals surface area contributed by atoms with E-state index < -0.39 is 71.0 Å². The van der Waals surface area contributed by atoms with Gasteiger partial charge in [0.1, 0.15) is 23.9 Å². The quantitative estimate of drug-likeness (QED) is 0.148. The normalized spacial score (nSPS) is 19.6. The van der Waals surface area contributed by atoms with E-state index in [1.807, 2.05) is 12.1 Å². The highest BCUT2D eigenvalue weighted by molar-refractivity contribution is 7.22. The third kappa shape index (κ3) is 6.67. The smallest absolute Gasteiger partial charge is 0.368 e. The molecule has 11 nitrogen and oxygen atoms in total. The average Bonchev–Trinajstić information content (AvgIpc) is 3.44. The van der Waals surface area contributed by atoms with Gasteiger partial charge in [-0.2, -0.15) is 32.0 Å². The van der Waals surface area contributed by atoms with Gasteiger partial charge in [0, 0.05) is 79.5 Å². The molecule has 2 N–H and O–H groups in total. The van der Waals surface area contributed by atoms with Gasteiger partial charge in [0.05, 0.1) is 16.4 Å². The van der Waals surface area contributed by atoms with Crippen molar-refractivity contribution in [3.05, 3.63) is 118 Å². The summed E-state index contributed by atoms with van der Waals surface area (Å²) < 4.78 is 103. The van der Waals surface area contributed by atoms with Gasteiger partial charge in [0.15, 0.2) is 16.5 Å². The molecule has 1 saturated heterocycles. The molecule has 60 heavy (non-hydrogen) atoms. The first-order valence-electron chi connectivity index (χ1n) is 19.1. The minimum atomic E-state index is -5.04. The Bertz CT molecular complexity index is 2690. The number of hydrogen-bond donors (Lipinski definition) is 2. The average molecular weight is 848 g/mol. The van der Waals surface area contributed by atoms with Crippen LogP contribution in [0, 0.1) is 17.6 Å². The Morgan fingerprint density at radius 2 is 1.68 bits per heavy atom. The lowest BCUT2D eigenvalue weighted by Gasteiger charge is -2.35. The standard InChI is InChI=1S/C41H32F7N9O2S/c42-23-11-20(12-24(43)15-23)13-30(51-32(58)19-57-36-33(35(54-57)41(46,47)48)28-16-29(28)40(36,44)45)34-26(21-1-2-22-18-50-38(59)27(22)14-21)17-31-37(52-34)53-39(60-31)56-9-7-55(8-10-56)25-3-5-49-6-4-25/h1-6,11-12,14-15,17,28-30H,7-10,13,16,18-19H2,(H,50,59)(H,51,58)/t28-,29?,30-/m0/s1. The van der Waals surface area contributed by atoms with Crippen molar-refractivity contribution in [3.8, 4) is 11.1 Å². The Morgan fingerprint density at radius 1 is 0.950 bits per heavy atom. The number of carbonyl (C=O) groups excluding carboxylic acids is 2. The molecular weight excluding hydrogens is 816 g/mol. The molecule has 6 heterocycles. The molecule has 2 amide bonds. The molecule has 1 unspecified atom stereocenters. The van der Waals surface area contributed by atoms with Gasteiger partial charge in [-0.05, 0) is 71.8 Å². The van der Waals surface area contributed by atoms with Gasteiger partial charge >= 0.3 is 6.18 Å². The van der Waals surface area contributed by atoms with Gasteiger partial charge in [0.2, 0.25) is 5.91 Å². The van der Waals surface area contributed by atoms with Crippen molar-refractivity contribution in [2.45, 2.75) is 50.0 Å². The predicted octanol–water partition coefficient (Wildman–Crippen LogP) is 7.13. The van der Waals surface area contributed by atoms with Crippen LogP contribution in [0.2, 0.25) is 0 Å². The second-order valence-corrected chi connectivity index (χ2v) is 16.4. The molecule has 10 rings (SSSR count). The third-order valence-electron chi connectivity index (χ3n) is 11.6. The number of halogens is 7. The predicted molar refractivity (Wildman–Crippen MR) is 206 cm³/mol. The SMILES string of the molecule is O=C(Cn1nc(C(F)(F)F)c2c1C(F)(F)C1C[C@H]21)N[C@@H](Cc1cc(F)cc(F)c1)c1nc2nc(N3CCN(c4ccncc4)CC3)sc2cc1-c1ccc2c(c1)C(=O)NC2. The van der Waals surface area contributed by atoms with Crippen LogP contribution in [-0.2, 0) is 36.4 Å². The molecule has 2 aliphatic heterocycles. The molecule has 6 aromatic rings. The zero-order valence-electron chi connectivity index (χ0n) is 31.2. The van der Waals surface area contributed by atoms with Crippen molar-refractivity contribution < 1.29 is 40.3 Å². The molecular formula is C41H32F7N9O2S.